The summed E-state index contributed by atoms with van der Waals surface area (Å²) in [4.78, 5) is 18.3. The lowest BCUT2D eigenvalue weighted by Gasteiger charge is -2.40. The number of nitrogens with zero attached hydrogens (tertiary/aromatic N) is 3. The third-order valence-corrected chi connectivity index (χ3v) is 11.0. The first kappa shape index (κ1) is 33.9. The molecule has 248 valence electrons. The van der Waals surface area contributed by atoms with Crippen molar-refractivity contribution in [2.24, 2.45) is 0 Å². The fourth-order valence-corrected chi connectivity index (χ4v) is 7.90. The number of amides is 1. The van der Waals surface area contributed by atoms with Crippen molar-refractivity contribution in [2.45, 2.75) is 61.7 Å². The third-order valence-electron chi connectivity index (χ3n) is 9.12. The van der Waals surface area contributed by atoms with E-state index in [1.807, 2.05) is 35.2 Å². The van der Waals surface area contributed by atoms with Crippen molar-refractivity contribution in [3.05, 3.63) is 71.5 Å². The second-order valence-electron chi connectivity index (χ2n) is 12.0. The number of carbonyl (C=O) groups excluding carboxylic acids is 1. The molecule has 3 aliphatic rings. The second-order valence-corrected chi connectivity index (χ2v) is 13.9. The Labute approximate surface area is 273 Å². The Morgan fingerprint density at radius 3 is 2.35 bits per heavy atom. The number of likely N-dealkylation sites (tertiary alicyclic amines) is 2. The molecule has 3 heterocycles. The standard InChI is InChI=1S/C35H45N3O7S/c1-3-27-7-9-28(10-8-27)29-25-33(35(40)37-19-15-30(16-20-37)36-17-5-4-6-18-36)45-34(26-29)44-24-22-38(21-23-39)46(41,42)32-13-11-31(43-2)12-14-32/h1,7-14,25,29-30,34,39H,4-6,15-24,26H2,2H3/t29-,34+/m0/s1. The number of benzene rings is 2. The lowest BCUT2D eigenvalue weighted by Crippen LogP contribution is -2.49. The molecule has 0 saturated carbocycles. The number of aliphatic hydroxyl groups excluding tert-OH is 1. The van der Waals surface area contributed by atoms with Gasteiger partial charge in [0.05, 0.1) is 25.2 Å². The molecular weight excluding hydrogens is 606 g/mol. The Balaban J connectivity index is 1.26. The van der Waals surface area contributed by atoms with Gasteiger partial charge in [-0.1, -0.05) is 24.5 Å². The molecule has 5 rings (SSSR count). The van der Waals surface area contributed by atoms with Crippen LogP contribution in [-0.2, 0) is 24.3 Å². The average molecular weight is 652 g/mol. The lowest BCUT2D eigenvalue weighted by atomic mass is 9.92. The molecule has 3 aliphatic heterocycles. The van der Waals surface area contributed by atoms with E-state index in [1.54, 1.807) is 12.1 Å². The number of piperidine rings is 2. The number of rotatable bonds is 12. The van der Waals surface area contributed by atoms with Crippen LogP contribution in [0.2, 0.25) is 0 Å². The summed E-state index contributed by atoms with van der Waals surface area (Å²) in [6, 6.07) is 14.3. The molecule has 11 heteroatoms. The number of terminal acetylenes is 1. The van der Waals surface area contributed by atoms with Crippen LogP contribution in [0.3, 0.4) is 0 Å². The minimum atomic E-state index is -3.90. The van der Waals surface area contributed by atoms with Crippen molar-refractivity contribution < 1.29 is 32.5 Å². The van der Waals surface area contributed by atoms with Crippen molar-refractivity contribution >= 4 is 15.9 Å². The van der Waals surface area contributed by atoms with Crippen LogP contribution < -0.4 is 4.74 Å². The first-order valence-electron chi connectivity index (χ1n) is 16.2. The van der Waals surface area contributed by atoms with Crippen LogP contribution in [0.5, 0.6) is 5.75 Å². The van der Waals surface area contributed by atoms with Gasteiger partial charge in [0.25, 0.3) is 5.91 Å². The smallest absolute Gasteiger partial charge is 0.288 e. The van der Waals surface area contributed by atoms with Gasteiger partial charge in [0.2, 0.25) is 16.3 Å². The Morgan fingerprint density at radius 1 is 1.02 bits per heavy atom. The number of methoxy groups -OCH3 is 1. The zero-order valence-electron chi connectivity index (χ0n) is 26.6. The summed E-state index contributed by atoms with van der Waals surface area (Å²) < 4.78 is 45.3. The van der Waals surface area contributed by atoms with Crippen molar-refractivity contribution in [3.8, 4) is 18.1 Å². The topological polar surface area (TPSA) is 109 Å². The zero-order chi connectivity index (χ0) is 32.5. The number of carbonyl (C=O) groups is 1. The normalized spacial score (nSPS) is 21.3. The monoisotopic (exact) mass is 651 g/mol. The molecule has 0 aromatic heterocycles. The SMILES string of the molecule is C#Cc1ccc([C@H]2C=C(C(=O)N3CCC(N4CCCCC4)CC3)O[C@@H](OCCN(CCO)S(=O)(=O)c3ccc(OC)cc3)C2)cc1. The van der Waals surface area contributed by atoms with Gasteiger partial charge in [-0.25, -0.2) is 8.42 Å². The van der Waals surface area contributed by atoms with Crippen molar-refractivity contribution in [1.82, 2.24) is 14.1 Å². The summed E-state index contributed by atoms with van der Waals surface area (Å²) in [7, 11) is -2.39. The molecule has 0 aliphatic carbocycles. The van der Waals surface area contributed by atoms with Gasteiger partial charge < -0.3 is 29.1 Å². The molecule has 2 atom stereocenters. The Morgan fingerprint density at radius 2 is 1.72 bits per heavy atom. The Kier molecular flexibility index (Phi) is 11.8. The van der Waals surface area contributed by atoms with Crippen molar-refractivity contribution in [1.29, 1.82) is 0 Å². The summed E-state index contributed by atoms with van der Waals surface area (Å²) in [5, 5.41) is 9.63. The molecule has 2 saturated heterocycles. The van der Waals surface area contributed by atoms with Crippen LogP contribution in [-0.4, -0.2) is 105 Å². The van der Waals surface area contributed by atoms with Gasteiger partial charge in [0, 0.05) is 50.1 Å². The minimum Gasteiger partial charge on any atom is -0.497 e. The van der Waals surface area contributed by atoms with Crippen molar-refractivity contribution in [2.75, 3.05) is 59.6 Å². The molecule has 10 nitrogen and oxygen atoms in total. The predicted molar refractivity (Wildman–Crippen MR) is 175 cm³/mol. The molecule has 2 fully saturated rings. The highest BCUT2D eigenvalue weighted by Gasteiger charge is 2.34. The molecular formula is C35H45N3O7S. The van der Waals surface area contributed by atoms with Gasteiger partial charge in [0.15, 0.2) is 5.76 Å². The van der Waals surface area contributed by atoms with E-state index in [-0.39, 0.29) is 48.8 Å². The maximum Gasteiger partial charge on any atom is 0.288 e. The summed E-state index contributed by atoms with van der Waals surface area (Å²) in [5.74, 6) is 3.11. The van der Waals surface area contributed by atoms with E-state index in [0.29, 0.717) is 31.3 Å². The number of sulfonamides is 1. The first-order valence-corrected chi connectivity index (χ1v) is 17.6. The lowest BCUT2D eigenvalue weighted by molar-refractivity contribution is -0.153. The number of hydrogen-bond acceptors (Lipinski definition) is 8. The molecule has 0 spiro atoms. The van der Waals surface area contributed by atoms with Gasteiger partial charge in [-0.15, -0.1) is 6.42 Å². The van der Waals surface area contributed by atoms with Crippen LogP contribution in [0.4, 0.5) is 0 Å². The molecule has 46 heavy (non-hydrogen) atoms. The van der Waals surface area contributed by atoms with E-state index >= 15 is 0 Å². The Hall–Kier alpha value is -3.40. The summed E-state index contributed by atoms with van der Waals surface area (Å²) >= 11 is 0. The Bertz CT molecular complexity index is 1470. The van der Waals surface area contributed by atoms with Crippen LogP contribution in [0.15, 0.2) is 65.3 Å². The molecule has 2 aromatic rings. The van der Waals surface area contributed by atoms with Gasteiger partial charge >= 0.3 is 0 Å². The fraction of sp³-hybridized carbons (Fsp3) is 0.514. The number of aliphatic hydroxyl groups is 1. The molecule has 0 bridgehead atoms. The van der Waals surface area contributed by atoms with Crippen LogP contribution in [0, 0.1) is 12.3 Å². The van der Waals surface area contributed by atoms with Gasteiger partial charge in [-0.2, -0.15) is 4.31 Å². The van der Waals surface area contributed by atoms with Gasteiger partial charge in [0.1, 0.15) is 5.75 Å². The van der Waals surface area contributed by atoms with Gasteiger partial charge in [-0.3, -0.25) is 4.79 Å². The van der Waals surface area contributed by atoms with E-state index in [0.717, 1.165) is 37.1 Å². The minimum absolute atomic E-state index is 0.00546. The van der Waals surface area contributed by atoms with Crippen LogP contribution >= 0.6 is 0 Å². The van der Waals surface area contributed by atoms with Crippen LogP contribution in [0.1, 0.15) is 55.6 Å². The highest BCUT2D eigenvalue weighted by Crippen LogP contribution is 2.33. The van der Waals surface area contributed by atoms with E-state index in [4.69, 9.17) is 20.6 Å². The van der Waals surface area contributed by atoms with Crippen LogP contribution in [0.25, 0.3) is 0 Å². The van der Waals surface area contributed by atoms with E-state index < -0.39 is 16.3 Å². The molecule has 2 aromatic carbocycles. The maximum atomic E-state index is 13.8. The molecule has 1 N–H and O–H groups in total. The molecule has 1 amide bonds. The fourth-order valence-electron chi connectivity index (χ4n) is 6.49. The summed E-state index contributed by atoms with van der Waals surface area (Å²) in [6.07, 6.45) is 12.8. The zero-order valence-corrected chi connectivity index (χ0v) is 27.4. The summed E-state index contributed by atoms with van der Waals surface area (Å²) in [5.41, 5.74) is 1.75. The average Bonchev–Trinajstić information content (AvgIpc) is 3.11. The predicted octanol–water partition coefficient (Wildman–Crippen LogP) is 3.57. The molecule has 0 radical (unpaired) electrons. The van der Waals surface area contributed by atoms with Crippen molar-refractivity contribution in [3.63, 3.8) is 0 Å². The first-order chi connectivity index (χ1) is 22.3. The van der Waals surface area contributed by atoms with Gasteiger partial charge in [-0.05, 0) is 86.8 Å². The highest BCUT2D eigenvalue weighted by molar-refractivity contribution is 7.89. The number of allylic oxidation sites excluding steroid dienone is 1. The second kappa shape index (κ2) is 15.9. The number of ether oxygens (including phenoxy) is 3. The maximum absolute atomic E-state index is 13.8. The summed E-state index contributed by atoms with van der Waals surface area (Å²) in [6.45, 7) is 3.19. The van der Waals surface area contributed by atoms with E-state index in [9.17, 15) is 18.3 Å². The quantitative estimate of drug-likeness (QED) is 0.347. The largest absolute Gasteiger partial charge is 0.497 e. The number of hydrogen-bond donors (Lipinski definition) is 1. The third kappa shape index (κ3) is 8.30. The molecule has 0 unspecified atom stereocenters. The van der Waals surface area contributed by atoms with E-state index in [2.05, 4.69) is 10.8 Å². The van der Waals surface area contributed by atoms with E-state index in [1.165, 1.54) is 42.8 Å². The highest BCUT2D eigenvalue weighted by atomic mass is 32.2.